The molecule has 0 amide bonds. The summed E-state index contributed by atoms with van der Waals surface area (Å²) < 4.78 is 7.12. The molecule has 20 heavy (non-hydrogen) atoms. The predicted molar refractivity (Wildman–Crippen MR) is 79.2 cm³/mol. The van der Waals surface area contributed by atoms with Gasteiger partial charge in [0.2, 0.25) is 0 Å². The number of rotatable bonds is 6. The van der Waals surface area contributed by atoms with Crippen LogP contribution in [0.2, 0.25) is 0 Å². The van der Waals surface area contributed by atoms with Crippen molar-refractivity contribution in [3.05, 3.63) is 36.0 Å². The molecule has 0 saturated carbocycles. The lowest BCUT2D eigenvalue weighted by Gasteiger charge is -2.12. The Morgan fingerprint density at radius 1 is 1.35 bits per heavy atom. The molecule has 0 fully saturated rings. The molecule has 0 radical (unpaired) electrons. The molecule has 0 aliphatic heterocycles. The molecule has 2 rings (SSSR count). The number of carbonyl (C=O) groups is 1. The molecule has 106 valence electrons. The molecule has 0 aliphatic rings. The maximum absolute atomic E-state index is 11.3. The van der Waals surface area contributed by atoms with Gasteiger partial charge in [-0.3, -0.25) is 9.48 Å². The van der Waals surface area contributed by atoms with Crippen molar-refractivity contribution in [2.45, 2.75) is 32.7 Å². The first kappa shape index (κ1) is 14.3. The summed E-state index contributed by atoms with van der Waals surface area (Å²) >= 11 is 0. The largest absolute Gasteiger partial charge is 0.497 e. The van der Waals surface area contributed by atoms with Gasteiger partial charge in [-0.05, 0) is 25.0 Å². The van der Waals surface area contributed by atoms with E-state index in [-0.39, 0.29) is 0 Å². The van der Waals surface area contributed by atoms with Gasteiger partial charge < -0.3 is 4.74 Å². The van der Waals surface area contributed by atoms with Crippen molar-refractivity contribution in [1.29, 1.82) is 0 Å². The second kappa shape index (κ2) is 6.37. The van der Waals surface area contributed by atoms with E-state index in [1.807, 2.05) is 35.1 Å². The Hall–Kier alpha value is -2.10. The van der Waals surface area contributed by atoms with Crippen molar-refractivity contribution in [2.24, 2.45) is 0 Å². The van der Waals surface area contributed by atoms with Gasteiger partial charge in [0, 0.05) is 11.8 Å². The summed E-state index contributed by atoms with van der Waals surface area (Å²) in [6, 6.07) is 7.94. The lowest BCUT2D eigenvalue weighted by atomic mass is 10.1. The third-order valence-corrected chi connectivity index (χ3v) is 3.55. The van der Waals surface area contributed by atoms with Crippen LogP contribution in [-0.2, 0) is 0 Å². The fraction of sp³-hybridized carbons (Fsp3) is 0.375. The molecule has 0 atom stereocenters. The molecule has 4 nitrogen and oxygen atoms in total. The Bertz CT molecular complexity index is 586. The van der Waals surface area contributed by atoms with Crippen LogP contribution in [0, 0.1) is 0 Å². The minimum Gasteiger partial charge on any atom is -0.497 e. The number of ether oxygens (including phenoxy) is 1. The van der Waals surface area contributed by atoms with Crippen LogP contribution in [0.5, 0.6) is 5.75 Å². The summed E-state index contributed by atoms with van der Waals surface area (Å²) in [4.78, 5) is 11.3. The summed E-state index contributed by atoms with van der Waals surface area (Å²) in [5, 5.41) is 4.60. The highest BCUT2D eigenvalue weighted by atomic mass is 16.5. The van der Waals surface area contributed by atoms with Crippen molar-refractivity contribution in [3.8, 4) is 17.0 Å². The smallest absolute Gasteiger partial charge is 0.153 e. The van der Waals surface area contributed by atoms with Crippen molar-refractivity contribution in [2.75, 3.05) is 7.11 Å². The molecule has 0 aliphatic carbocycles. The van der Waals surface area contributed by atoms with Crippen LogP contribution in [-0.4, -0.2) is 23.2 Å². The molecule has 4 heteroatoms. The second-order valence-electron chi connectivity index (χ2n) is 4.73. The van der Waals surface area contributed by atoms with Gasteiger partial charge >= 0.3 is 0 Å². The average Bonchev–Trinajstić information content (AvgIpc) is 2.93. The van der Waals surface area contributed by atoms with E-state index in [4.69, 9.17) is 4.74 Å². The van der Waals surface area contributed by atoms with Gasteiger partial charge in [-0.25, -0.2) is 0 Å². The molecule has 1 aromatic heterocycles. The van der Waals surface area contributed by atoms with Crippen molar-refractivity contribution in [1.82, 2.24) is 9.78 Å². The first-order chi connectivity index (χ1) is 9.73. The van der Waals surface area contributed by atoms with E-state index in [1.165, 1.54) is 0 Å². The molecular formula is C16H20N2O2. The highest BCUT2D eigenvalue weighted by Gasteiger charge is 2.15. The van der Waals surface area contributed by atoms with Gasteiger partial charge in [-0.15, -0.1) is 0 Å². The summed E-state index contributed by atoms with van der Waals surface area (Å²) in [7, 11) is 1.63. The standard InChI is InChI=1S/C16H20N2O2/c1-4-14(5-2)18-10-13(11-19)16(17-18)12-7-6-8-15(9-12)20-3/h6-11,14H,4-5H2,1-3H3. The maximum atomic E-state index is 11.3. The molecule has 1 heterocycles. The fourth-order valence-electron chi connectivity index (χ4n) is 2.34. The maximum Gasteiger partial charge on any atom is 0.153 e. The zero-order chi connectivity index (χ0) is 14.5. The normalized spacial score (nSPS) is 10.8. The minimum absolute atomic E-state index is 0.327. The Morgan fingerprint density at radius 2 is 2.10 bits per heavy atom. The summed E-state index contributed by atoms with van der Waals surface area (Å²) in [6.45, 7) is 4.25. The van der Waals surface area contributed by atoms with E-state index >= 15 is 0 Å². The number of hydrogen-bond acceptors (Lipinski definition) is 3. The molecule has 0 saturated heterocycles. The monoisotopic (exact) mass is 272 g/mol. The Morgan fingerprint density at radius 3 is 2.70 bits per heavy atom. The summed E-state index contributed by atoms with van der Waals surface area (Å²) in [6.07, 6.45) is 4.68. The Balaban J connectivity index is 2.47. The zero-order valence-electron chi connectivity index (χ0n) is 12.2. The SMILES string of the molecule is CCC(CC)n1cc(C=O)c(-c2cccc(OC)c2)n1. The van der Waals surface area contributed by atoms with Gasteiger partial charge in [-0.1, -0.05) is 26.0 Å². The van der Waals surface area contributed by atoms with Crippen molar-refractivity contribution < 1.29 is 9.53 Å². The molecule has 2 aromatic rings. The van der Waals surface area contributed by atoms with E-state index in [2.05, 4.69) is 18.9 Å². The lowest BCUT2D eigenvalue weighted by molar-refractivity contribution is 0.112. The van der Waals surface area contributed by atoms with Crippen LogP contribution in [0.25, 0.3) is 11.3 Å². The van der Waals surface area contributed by atoms with Gasteiger partial charge in [0.15, 0.2) is 6.29 Å². The average molecular weight is 272 g/mol. The number of methoxy groups -OCH3 is 1. The number of benzene rings is 1. The molecule has 0 unspecified atom stereocenters. The third-order valence-electron chi connectivity index (χ3n) is 3.55. The quantitative estimate of drug-likeness (QED) is 0.752. The molecule has 1 aromatic carbocycles. The van der Waals surface area contributed by atoms with Crippen LogP contribution in [0.15, 0.2) is 30.5 Å². The van der Waals surface area contributed by atoms with E-state index < -0.39 is 0 Å². The van der Waals surface area contributed by atoms with Gasteiger partial charge in [0.05, 0.1) is 18.7 Å². The van der Waals surface area contributed by atoms with Crippen LogP contribution in [0.4, 0.5) is 0 Å². The van der Waals surface area contributed by atoms with Crippen molar-refractivity contribution in [3.63, 3.8) is 0 Å². The minimum atomic E-state index is 0.327. The van der Waals surface area contributed by atoms with E-state index in [9.17, 15) is 4.79 Å². The zero-order valence-corrected chi connectivity index (χ0v) is 12.2. The van der Waals surface area contributed by atoms with Crippen LogP contribution < -0.4 is 4.74 Å². The first-order valence-corrected chi connectivity index (χ1v) is 6.92. The van der Waals surface area contributed by atoms with E-state index in [0.29, 0.717) is 17.3 Å². The summed E-state index contributed by atoms with van der Waals surface area (Å²) in [5.41, 5.74) is 2.23. The van der Waals surface area contributed by atoms with Gasteiger partial charge in [-0.2, -0.15) is 5.10 Å². The Kier molecular flexibility index (Phi) is 4.56. The predicted octanol–water partition coefficient (Wildman–Crippen LogP) is 3.73. The van der Waals surface area contributed by atoms with Crippen LogP contribution in [0.3, 0.4) is 0 Å². The second-order valence-corrected chi connectivity index (χ2v) is 4.73. The molecule has 0 spiro atoms. The lowest BCUT2D eigenvalue weighted by Crippen LogP contribution is -2.07. The first-order valence-electron chi connectivity index (χ1n) is 6.92. The highest BCUT2D eigenvalue weighted by molar-refractivity contribution is 5.85. The van der Waals surface area contributed by atoms with E-state index in [1.54, 1.807) is 7.11 Å². The topological polar surface area (TPSA) is 44.1 Å². The van der Waals surface area contributed by atoms with Gasteiger partial charge in [0.1, 0.15) is 11.4 Å². The van der Waals surface area contributed by atoms with Crippen LogP contribution >= 0.6 is 0 Å². The number of aromatic nitrogens is 2. The van der Waals surface area contributed by atoms with Crippen LogP contribution in [0.1, 0.15) is 43.1 Å². The molecule has 0 bridgehead atoms. The highest BCUT2D eigenvalue weighted by Crippen LogP contribution is 2.27. The van der Waals surface area contributed by atoms with Crippen molar-refractivity contribution >= 4 is 6.29 Å². The third kappa shape index (κ3) is 2.74. The van der Waals surface area contributed by atoms with Gasteiger partial charge in [0.25, 0.3) is 0 Å². The number of hydrogen-bond donors (Lipinski definition) is 0. The molecular weight excluding hydrogens is 252 g/mol. The fourth-order valence-corrected chi connectivity index (χ4v) is 2.34. The summed E-state index contributed by atoms with van der Waals surface area (Å²) in [5.74, 6) is 0.761. The van der Waals surface area contributed by atoms with E-state index in [0.717, 1.165) is 30.4 Å². The number of aldehydes is 1. The molecule has 0 N–H and O–H groups in total. The Labute approximate surface area is 119 Å². The number of nitrogens with zero attached hydrogens (tertiary/aromatic N) is 2. The number of carbonyl (C=O) groups excluding carboxylic acids is 1.